The van der Waals surface area contributed by atoms with Crippen LogP contribution in [-0.2, 0) is 16.5 Å². The highest BCUT2D eigenvalue weighted by atomic mass is 28.5. The summed E-state index contributed by atoms with van der Waals surface area (Å²) in [5.41, 5.74) is 0. The fourth-order valence-corrected chi connectivity index (χ4v) is 11.5. The minimum atomic E-state index is -3.02. The quantitative estimate of drug-likeness (QED) is 0.340. The molecule has 0 aliphatic heterocycles. The van der Waals surface area contributed by atoms with E-state index in [0.717, 1.165) is 10.4 Å². The van der Waals surface area contributed by atoms with Crippen molar-refractivity contribution >= 4 is 58.5 Å². The Hall–Kier alpha value is -0.756. The molecule has 2 unspecified atom stereocenters. The van der Waals surface area contributed by atoms with E-state index in [1.165, 1.54) is 0 Å². The molecule has 0 aromatic heterocycles. The van der Waals surface area contributed by atoms with E-state index in [9.17, 15) is 14.4 Å². The molecular weight excluding hydrogens is 397 g/mol. The Morgan fingerprint density at radius 3 is 1.38 bits per heavy atom. The van der Waals surface area contributed by atoms with Crippen LogP contribution in [0.1, 0.15) is 0 Å². The molecule has 12 heteroatoms. The second-order valence-corrected chi connectivity index (χ2v) is 13.3. The third-order valence-electron chi connectivity index (χ3n) is 3.08. The summed E-state index contributed by atoms with van der Waals surface area (Å²) < 4.78 is 22.0. The van der Waals surface area contributed by atoms with Crippen LogP contribution in [0.25, 0.3) is 0 Å². The molecule has 130 valence electrons. The molecule has 2 aromatic rings. The maximum atomic E-state index is 10.2. The second kappa shape index (κ2) is 11.0. The van der Waals surface area contributed by atoms with Crippen molar-refractivity contribution in [2.75, 3.05) is 0 Å². The predicted molar refractivity (Wildman–Crippen MR) is 102 cm³/mol. The summed E-state index contributed by atoms with van der Waals surface area (Å²) >= 11 is 0. The standard InChI is InChI=1S/C12H20O7Si5/c13-20-16-22(11-7-3-1-4-8-11)18-24(15)19-23(17-21-14)12-9-5-2-6-10-12/h1-10,13-15,22-24H,20-21H2. The van der Waals surface area contributed by atoms with Gasteiger partial charge in [-0.25, -0.2) is 0 Å². The van der Waals surface area contributed by atoms with Crippen LogP contribution in [0.15, 0.2) is 60.7 Å². The van der Waals surface area contributed by atoms with Crippen molar-refractivity contribution in [3.8, 4) is 0 Å². The Morgan fingerprint density at radius 1 is 0.667 bits per heavy atom. The van der Waals surface area contributed by atoms with Crippen molar-refractivity contribution in [1.82, 2.24) is 0 Å². The van der Waals surface area contributed by atoms with Crippen LogP contribution in [0.2, 0.25) is 0 Å². The van der Waals surface area contributed by atoms with Gasteiger partial charge in [-0.3, -0.25) is 0 Å². The maximum Gasteiger partial charge on any atom is 0.463 e. The van der Waals surface area contributed by atoms with Crippen LogP contribution in [-0.4, -0.2) is 62.5 Å². The third kappa shape index (κ3) is 6.28. The number of benzene rings is 2. The molecule has 2 aromatic carbocycles. The molecule has 0 fully saturated rings. The SMILES string of the molecule is O[SiH2]O[SiH](O[SiH](O)O[SiH](O[SiH2]O)c1ccccc1)c1ccccc1. The van der Waals surface area contributed by atoms with Gasteiger partial charge in [0, 0.05) is 0 Å². The van der Waals surface area contributed by atoms with Crippen LogP contribution < -0.4 is 10.4 Å². The van der Waals surface area contributed by atoms with Gasteiger partial charge in [0.1, 0.15) is 0 Å². The van der Waals surface area contributed by atoms with Crippen LogP contribution in [0, 0.1) is 0 Å². The summed E-state index contributed by atoms with van der Waals surface area (Å²) in [5, 5.41) is 1.65. The Morgan fingerprint density at radius 2 is 1.04 bits per heavy atom. The highest BCUT2D eigenvalue weighted by Crippen LogP contribution is 1.99. The van der Waals surface area contributed by atoms with Gasteiger partial charge in [-0.05, 0) is 10.4 Å². The fraction of sp³-hybridized carbons (Fsp3) is 0. The lowest BCUT2D eigenvalue weighted by atomic mass is 10.4. The largest absolute Gasteiger partial charge is 0.463 e. The Balaban J connectivity index is 2.01. The Kier molecular flexibility index (Phi) is 8.95. The average Bonchev–Trinajstić information content (AvgIpc) is 2.62. The van der Waals surface area contributed by atoms with Crippen LogP contribution >= 0.6 is 0 Å². The topological polar surface area (TPSA) is 97.6 Å². The van der Waals surface area contributed by atoms with Gasteiger partial charge in [-0.2, -0.15) is 0 Å². The van der Waals surface area contributed by atoms with E-state index in [2.05, 4.69) is 0 Å². The van der Waals surface area contributed by atoms with Gasteiger partial charge >= 0.3 is 28.1 Å². The molecule has 0 radical (unpaired) electrons. The molecule has 24 heavy (non-hydrogen) atoms. The molecule has 2 atom stereocenters. The first-order chi connectivity index (χ1) is 11.7. The van der Waals surface area contributed by atoms with Crippen molar-refractivity contribution in [2.45, 2.75) is 0 Å². The van der Waals surface area contributed by atoms with Crippen LogP contribution in [0.3, 0.4) is 0 Å². The van der Waals surface area contributed by atoms with E-state index in [-0.39, 0.29) is 0 Å². The molecule has 0 bridgehead atoms. The summed E-state index contributed by atoms with van der Waals surface area (Å²) in [6.45, 7) is 0. The predicted octanol–water partition coefficient (Wildman–Crippen LogP) is -4.00. The number of rotatable bonds is 10. The third-order valence-corrected chi connectivity index (χ3v) is 12.4. The average molecular weight is 417 g/mol. The molecule has 0 aliphatic rings. The molecular formula is C12H20O7Si5. The fourth-order valence-electron chi connectivity index (χ4n) is 2.03. The second-order valence-electron chi connectivity index (χ2n) is 4.66. The monoisotopic (exact) mass is 416 g/mol. The molecule has 0 amide bonds. The lowest BCUT2D eigenvalue weighted by molar-refractivity contribution is 0.259. The molecule has 7 nitrogen and oxygen atoms in total. The highest BCUT2D eigenvalue weighted by molar-refractivity contribution is 6.74. The van der Waals surface area contributed by atoms with E-state index < -0.39 is 48.1 Å². The molecule has 0 saturated heterocycles. The first-order valence-corrected chi connectivity index (χ1v) is 14.2. The van der Waals surface area contributed by atoms with Gasteiger partial charge in [-0.1, -0.05) is 60.7 Å². The zero-order valence-electron chi connectivity index (χ0n) is 12.9. The minimum Gasteiger partial charge on any atom is -0.419 e. The van der Waals surface area contributed by atoms with Gasteiger partial charge in [-0.15, -0.1) is 0 Å². The zero-order chi connectivity index (χ0) is 17.2. The zero-order valence-corrected chi connectivity index (χ0v) is 19.2. The summed E-state index contributed by atoms with van der Waals surface area (Å²) in [4.78, 5) is 28.6. The van der Waals surface area contributed by atoms with Crippen molar-refractivity contribution < 1.29 is 30.8 Å². The smallest absolute Gasteiger partial charge is 0.419 e. The van der Waals surface area contributed by atoms with E-state index in [1.54, 1.807) is 0 Å². The summed E-state index contributed by atoms with van der Waals surface area (Å²) in [6.07, 6.45) is 0. The number of hydrogen-bond acceptors (Lipinski definition) is 7. The van der Waals surface area contributed by atoms with Crippen LogP contribution in [0.5, 0.6) is 0 Å². The normalized spacial score (nSPS) is 16.0. The van der Waals surface area contributed by atoms with Gasteiger partial charge < -0.3 is 30.8 Å². The molecule has 0 saturated carbocycles. The lowest BCUT2D eigenvalue weighted by Crippen LogP contribution is -2.49. The first kappa shape index (κ1) is 19.6. The van der Waals surface area contributed by atoms with E-state index in [0.29, 0.717) is 0 Å². The maximum absolute atomic E-state index is 10.2. The van der Waals surface area contributed by atoms with Crippen molar-refractivity contribution in [2.24, 2.45) is 0 Å². The summed E-state index contributed by atoms with van der Waals surface area (Å²) in [7, 11) is -11.2. The molecule has 0 spiro atoms. The molecule has 2 rings (SSSR count). The summed E-state index contributed by atoms with van der Waals surface area (Å²) in [6, 6.07) is 18.5. The molecule has 0 aliphatic carbocycles. The molecule has 0 heterocycles. The first-order valence-electron chi connectivity index (χ1n) is 7.28. The van der Waals surface area contributed by atoms with Crippen LogP contribution in [0.4, 0.5) is 0 Å². The summed E-state index contributed by atoms with van der Waals surface area (Å²) in [5.74, 6) is 0. The lowest BCUT2D eigenvalue weighted by Gasteiger charge is -2.23. The van der Waals surface area contributed by atoms with E-state index >= 15 is 0 Å². The Labute approximate surface area is 150 Å². The molecule has 3 N–H and O–H groups in total. The van der Waals surface area contributed by atoms with Crippen molar-refractivity contribution in [3.63, 3.8) is 0 Å². The highest BCUT2D eigenvalue weighted by Gasteiger charge is 2.27. The van der Waals surface area contributed by atoms with Crippen molar-refractivity contribution in [1.29, 1.82) is 0 Å². The van der Waals surface area contributed by atoms with E-state index in [1.807, 2.05) is 60.7 Å². The van der Waals surface area contributed by atoms with Gasteiger partial charge in [0.2, 0.25) is 0 Å². The minimum absolute atomic E-state index is 0.824. The van der Waals surface area contributed by atoms with Gasteiger partial charge in [0.25, 0.3) is 20.0 Å². The van der Waals surface area contributed by atoms with Gasteiger partial charge in [0.05, 0.1) is 0 Å². The van der Waals surface area contributed by atoms with Gasteiger partial charge in [0.15, 0.2) is 0 Å². The number of hydrogen-bond donors (Lipinski definition) is 3. The van der Waals surface area contributed by atoms with E-state index in [4.69, 9.17) is 16.5 Å². The Bertz CT molecular complexity index is 527. The van der Waals surface area contributed by atoms with Crippen molar-refractivity contribution in [3.05, 3.63) is 60.7 Å².